The molecule has 0 atom stereocenters. The van der Waals surface area contributed by atoms with Crippen molar-refractivity contribution in [2.75, 3.05) is 19.7 Å². The lowest BCUT2D eigenvalue weighted by atomic mass is 9.96. The summed E-state index contributed by atoms with van der Waals surface area (Å²) in [7, 11) is 0. The topological polar surface area (TPSA) is 108 Å². The lowest BCUT2D eigenvalue weighted by Crippen LogP contribution is -2.43. The van der Waals surface area contributed by atoms with Gasteiger partial charge in [0.2, 0.25) is 5.91 Å². The van der Waals surface area contributed by atoms with Crippen molar-refractivity contribution < 1.29 is 23.5 Å². The standard InChI is InChI=1S/C20H25N3O5/c1-13-10-17(14(2)23(13)11-16-4-3-9-27-16)20(26)28-12-18(24)22-7-5-15(6-8-22)19(21)25/h3-4,9-10,15H,5-8,11-12H2,1-2H3,(H2,21,25). The Labute approximate surface area is 163 Å². The second-order valence-corrected chi connectivity index (χ2v) is 7.08. The first-order chi connectivity index (χ1) is 13.4. The van der Waals surface area contributed by atoms with Crippen molar-refractivity contribution in [1.29, 1.82) is 0 Å². The van der Waals surface area contributed by atoms with Crippen LogP contribution >= 0.6 is 0 Å². The van der Waals surface area contributed by atoms with E-state index in [1.54, 1.807) is 17.2 Å². The first kappa shape index (κ1) is 19.7. The zero-order valence-electron chi connectivity index (χ0n) is 16.1. The molecule has 0 radical (unpaired) electrons. The molecule has 3 rings (SSSR count). The molecule has 2 N–H and O–H groups in total. The Hall–Kier alpha value is -3.03. The third-order valence-corrected chi connectivity index (χ3v) is 5.26. The predicted octanol–water partition coefficient (Wildman–Crippen LogP) is 1.63. The number of likely N-dealkylation sites (tertiary alicyclic amines) is 1. The molecule has 8 nitrogen and oxygen atoms in total. The lowest BCUT2D eigenvalue weighted by molar-refractivity contribution is -0.137. The molecular formula is C20H25N3O5. The summed E-state index contributed by atoms with van der Waals surface area (Å²) in [6.45, 7) is 4.83. The summed E-state index contributed by atoms with van der Waals surface area (Å²) in [5.74, 6) is -0.523. The molecular weight excluding hydrogens is 362 g/mol. The number of ether oxygens (including phenoxy) is 1. The van der Waals surface area contributed by atoms with E-state index in [0.29, 0.717) is 38.0 Å². The number of nitrogens with two attached hydrogens (primary N) is 1. The quantitative estimate of drug-likeness (QED) is 0.758. The van der Waals surface area contributed by atoms with Crippen molar-refractivity contribution in [1.82, 2.24) is 9.47 Å². The minimum atomic E-state index is -0.529. The first-order valence-corrected chi connectivity index (χ1v) is 9.30. The van der Waals surface area contributed by atoms with Gasteiger partial charge in [0.05, 0.1) is 18.4 Å². The summed E-state index contributed by atoms with van der Waals surface area (Å²) in [5.41, 5.74) is 7.40. The predicted molar refractivity (Wildman–Crippen MR) is 100 cm³/mol. The molecule has 0 aromatic carbocycles. The SMILES string of the molecule is Cc1cc(C(=O)OCC(=O)N2CCC(C(N)=O)CC2)c(C)n1Cc1ccco1. The van der Waals surface area contributed by atoms with Gasteiger partial charge in [-0.1, -0.05) is 0 Å². The highest BCUT2D eigenvalue weighted by Crippen LogP contribution is 2.19. The molecule has 1 aliphatic rings. The van der Waals surface area contributed by atoms with E-state index >= 15 is 0 Å². The Bertz CT molecular complexity index is 861. The van der Waals surface area contributed by atoms with Crippen LogP contribution in [0.3, 0.4) is 0 Å². The van der Waals surface area contributed by atoms with E-state index in [9.17, 15) is 14.4 Å². The van der Waals surface area contributed by atoms with Crippen LogP contribution in [0.5, 0.6) is 0 Å². The van der Waals surface area contributed by atoms with E-state index < -0.39 is 5.97 Å². The molecule has 150 valence electrons. The van der Waals surface area contributed by atoms with E-state index in [1.807, 2.05) is 30.5 Å². The summed E-state index contributed by atoms with van der Waals surface area (Å²) in [4.78, 5) is 37.6. The number of aromatic nitrogens is 1. The number of rotatable bonds is 6. The van der Waals surface area contributed by atoms with Crippen molar-refractivity contribution in [3.05, 3.63) is 47.2 Å². The molecule has 0 unspecified atom stereocenters. The minimum absolute atomic E-state index is 0.189. The molecule has 28 heavy (non-hydrogen) atoms. The minimum Gasteiger partial charge on any atom is -0.467 e. The van der Waals surface area contributed by atoms with Gasteiger partial charge in [0.15, 0.2) is 6.61 Å². The average molecular weight is 387 g/mol. The van der Waals surface area contributed by atoms with Crippen LogP contribution < -0.4 is 5.73 Å². The van der Waals surface area contributed by atoms with Crippen molar-refractivity contribution in [2.24, 2.45) is 11.7 Å². The number of piperidine rings is 1. The van der Waals surface area contributed by atoms with E-state index in [4.69, 9.17) is 14.9 Å². The number of hydrogen-bond donors (Lipinski definition) is 1. The van der Waals surface area contributed by atoms with Gasteiger partial charge in [0.25, 0.3) is 5.91 Å². The molecule has 1 saturated heterocycles. The summed E-state index contributed by atoms with van der Waals surface area (Å²) < 4.78 is 12.6. The molecule has 2 aromatic heterocycles. The van der Waals surface area contributed by atoms with Crippen molar-refractivity contribution in [2.45, 2.75) is 33.2 Å². The van der Waals surface area contributed by atoms with Crippen LogP contribution in [-0.2, 0) is 20.9 Å². The fourth-order valence-corrected chi connectivity index (χ4v) is 3.52. The van der Waals surface area contributed by atoms with Gasteiger partial charge in [-0.15, -0.1) is 0 Å². The normalized spacial score (nSPS) is 14.9. The molecule has 0 spiro atoms. The van der Waals surface area contributed by atoms with Crippen LogP contribution in [-0.4, -0.2) is 46.9 Å². The van der Waals surface area contributed by atoms with Gasteiger partial charge in [-0.25, -0.2) is 4.79 Å². The molecule has 8 heteroatoms. The number of amides is 2. The summed E-state index contributed by atoms with van der Waals surface area (Å²) in [6.07, 6.45) is 2.70. The van der Waals surface area contributed by atoms with Crippen LogP contribution in [0.4, 0.5) is 0 Å². The zero-order chi connectivity index (χ0) is 20.3. The second-order valence-electron chi connectivity index (χ2n) is 7.08. The van der Waals surface area contributed by atoms with Crippen LogP contribution in [0.25, 0.3) is 0 Å². The van der Waals surface area contributed by atoms with Crippen molar-refractivity contribution in [3.63, 3.8) is 0 Å². The Balaban J connectivity index is 1.56. The van der Waals surface area contributed by atoms with Gasteiger partial charge >= 0.3 is 5.97 Å². The van der Waals surface area contributed by atoms with E-state index in [2.05, 4.69) is 0 Å². The summed E-state index contributed by atoms with van der Waals surface area (Å²) >= 11 is 0. The highest BCUT2D eigenvalue weighted by molar-refractivity contribution is 5.92. The number of carbonyl (C=O) groups excluding carboxylic acids is 3. The Kier molecular flexibility index (Phi) is 5.87. The second kappa shape index (κ2) is 8.33. The Morgan fingerprint density at radius 3 is 2.57 bits per heavy atom. The Morgan fingerprint density at radius 2 is 1.96 bits per heavy atom. The largest absolute Gasteiger partial charge is 0.467 e. The van der Waals surface area contributed by atoms with Crippen LogP contribution in [0.2, 0.25) is 0 Å². The zero-order valence-corrected chi connectivity index (χ0v) is 16.1. The van der Waals surface area contributed by atoms with Gasteiger partial charge in [-0.2, -0.15) is 0 Å². The number of nitrogens with zero attached hydrogens (tertiary/aromatic N) is 2. The fourth-order valence-electron chi connectivity index (χ4n) is 3.52. The van der Waals surface area contributed by atoms with Crippen molar-refractivity contribution >= 4 is 17.8 Å². The first-order valence-electron chi connectivity index (χ1n) is 9.30. The number of hydrogen-bond acceptors (Lipinski definition) is 5. The number of carbonyl (C=O) groups is 3. The summed E-state index contributed by atoms with van der Waals surface area (Å²) in [5, 5.41) is 0. The van der Waals surface area contributed by atoms with Crippen molar-refractivity contribution in [3.8, 4) is 0 Å². The molecule has 2 amide bonds. The van der Waals surface area contributed by atoms with Crippen LogP contribution in [0.1, 0.15) is 40.3 Å². The Morgan fingerprint density at radius 1 is 1.25 bits per heavy atom. The number of furan rings is 1. The van der Waals surface area contributed by atoms with Gasteiger partial charge in [-0.3, -0.25) is 9.59 Å². The summed E-state index contributed by atoms with van der Waals surface area (Å²) in [6, 6.07) is 5.44. The molecule has 2 aromatic rings. The fraction of sp³-hybridized carbons (Fsp3) is 0.450. The van der Waals surface area contributed by atoms with Gasteiger partial charge < -0.3 is 24.4 Å². The molecule has 0 aliphatic carbocycles. The van der Waals surface area contributed by atoms with E-state index in [-0.39, 0.29) is 24.3 Å². The van der Waals surface area contributed by atoms with E-state index in [1.165, 1.54) is 0 Å². The molecule has 0 bridgehead atoms. The maximum absolute atomic E-state index is 12.5. The monoisotopic (exact) mass is 387 g/mol. The number of aryl methyl sites for hydroxylation is 1. The third-order valence-electron chi connectivity index (χ3n) is 5.26. The molecule has 3 heterocycles. The number of primary amides is 1. The third kappa shape index (κ3) is 4.27. The van der Waals surface area contributed by atoms with Crippen LogP contribution in [0.15, 0.2) is 28.9 Å². The molecule has 1 fully saturated rings. The average Bonchev–Trinajstić information content (AvgIpc) is 3.29. The van der Waals surface area contributed by atoms with E-state index in [0.717, 1.165) is 17.1 Å². The number of esters is 1. The highest BCUT2D eigenvalue weighted by atomic mass is 16.5. The molecule has 0 saturated carbocycles. The van der Waals surface area contributed by atoms with Crippen LogP contribution in [0, 0.1) is 19.8 Å². The van der Waals surface area contributed by atoms with Gasteiger partial charge in [0, 0.05) is 30.4 Å². The molecule has 1 aliphatic heterocycles. The van der Waals surface area contributed by atoms with Gasteiger partial charge in [-0.05, 0) is 44.9 Å². The van der Waals surface area contributed by atoms with Gasteiger partial charge in [0.1, 0.15) is 5.76 Å². The maximum atomic E-state index is 12.5. The maximum Gasteiger partial charge on any atom is 0.340 e. The lowest BCUT2D eigenvalue weighted by Gasteiger charge is -2.30. The highest BCUT2D eigenvalue weighted by Gasteiger charge is 2.27. The smallest absolute Gasteiger partial charge is 0.340 e.